The van der Waals surface area contributed by atoms with Gasteiger partial charge in [-0.05, 0) is 37.3 Å². The Hall–Kier alpha value is -2.05. The van der Waals surface area contributed by atoms with Gasteiger partial charge in [0.2, 0.25) is 5.91 Å². The number of benzene rings is 2. The molecule has 0 aromatic heterocycles. The van der Waals surface area contributed by atoms with Gasteiger partial charge in [-0.25, -0.2) is 8.42 Å². The van der Waals surface area contributed by atoms with Crippen LogP contribution in [0.1, 0.15) is 6.92 Å². The van der Waals surface area contributed by atoms with E-state index >= 15 is 0 Å². The van der Waals surface area contributed by atoms with Crippen LogP contribution in [-0.4, -0.2) is 26.7 Å². The summed E-state index contributed by atoms with van der Waals surface area (Å²) in [5.74, 6) is -0.263. The summed E-state index contributed by atoms with van der Waals surface area (Å²) in [6.45, 7) is 1.34. The fraction of sp³-hybridized carbons (Fsp3) is 0.188. The molecule has 0 saturated carbocycles. The van der Waals surface area contributed by atoms with Crippen molar-refractivity contribution in [2.24, 2.45) is 0 Å². The zero-order valence-electron chi connectivity index (χ0n) is 12.6. The van der Waals surface area contributed by atoms with Crippen molar-refractivity contribution in [3.63, 3.8) is 0 Å². The highest BCUT2D eigenvalue weighted by atomic mass is 35.5. The summed E-state index contributed by atoms with van der Waals surface area (Å²) in [5.41, 5.74) is 0.320. The molecule has 0 spiro atoms. The molecule has 0 fully saturated rings. The molecule has 2 rings (SSSR count). The molecule has 5 nitrogen and oxygen atoms in total. The number of hydrogen-bond acceptors (Lipinski definition) is 4. The SMILES string of the molecule is COc1ccc(Cl)cc1NC(=O)C(C)S(=O)(=O)c1ccccc1. The normalized spacial score (nSPS) is 12.5. The van der Waals surface area contributed by atoms with Crippen LogP contribution in [-0.2, 0) is 14.6 Å². The van der Waals surface area contributed by atoms with Crippen LogP contribution in [0.5, 0.6) is 5.75 Å². The molecule has 1 atom stereocenters. The first kappa shape index (κ1) is 17.3. The standard InChI is InChI=1S/C16H16ClNO4S/c1-11(23(20,21)13-6-4-3-5-7-13)16(19)18-14-10-12(17)8-9-15(14)22-2/h3-11H,1-2H3,(H,18,19). The highest BCUT2D eigenvalue weighted by Crippen LogP contribution is 2.28. The monoisotopic (exact) mass is 353 g/mol. The number of carbonyl (C=O) groups is 1. The summed E-state index contributed by atoms with van der Waals surface area (Å²) < 4.78 is 30.1. The lowest BCUT2D eigenvalue weighted by Crippen LogP contribution is -2.32. The number of methoxy groups -OCH3 is 1. The van der Waals surface area contributed by atoms with Gasteiger partial charge in [-0.1, -0.05) is 29.8 Å². The molecule has 0 aliphatic heterocycles. The van der Waals surface area contributed by atoms with E-state index in [-0.39, 0.29) is 4.90 Å². The van der Waals surface area contributed by atoms with Gasteiger partial charge in [0.05, 0.1) is 17.7 Å². The van der Waals surface area contributed by atoms with Gasteiger partial charge in [0.15, 0.2) is 9.84 Å². The second kappa shape index (κ2) is 7.02. The fourth-order valence-electron chi connectivity index (χ4n) is 1.97. The van der Waals surface area contributed by atoms with Crippen molar-refractivity contribution in [3.05, 3.63) is 53.6 Å². The zero-order chi connectivity index (χ0) is 17.0. The Kier molecular flexibility index (Phi) is 5.28. The van der Waals surface area contributed by atoms with E-state index in [1.165, 1.54) is 32.2 Å². The topological polar surface area (TPSA) is 72.5 Å². The smallest absolute Gasteiger partial charge is 0.242 e. The number of ether oxygens (including phenoxy) is 1. The molecule has 0 radical (unpaired) electrons. The van der Waals surface area contributed by atoms with Crippen LogP contribution in [0.2, 0.25) is 5.02 Å². The summed E-state index contributed by atoms with van der Waals surface area (Å²) in [4.78, 5) is 12.4. The van der Waals surface area contributed by atoms with Gasteiger partial charge >= 0.3 is 0 Å². The number of sulfone groups is 1. The van der Waals surface area contributed by atoms with Gasteiger partial charge in [-0.2, -0.15) is 0 Å². The Morgan fingerprint density at radius 1 is 1.17 bits per heavy atom. The summed E-state index contributed by atoms with van der Waals surface area (Å²) in [6, 6.07) is 12.5. The molecule has 2 aromatic rings. The Labute approximate surface area is 140 Å². The predicted molar refractivity (Wildman–Crippen MR) is 89.7 cm³/mol. The summed E-state index contributed by atoms with van der Waals surface area (Å²) in [5, 5.41) is 1.70. The Morgan fingerprint density at radius 3 is 2.43 bits per heavy atom. The molecule has 7 heteroatoms. The first-order chi connectivity index (χ1) is 10.9. The van der Waals surface area contributed by atoms with Crippen molar-refractivity contribution < 1.29 is 17.9 Å². The molecule has 0 saturated heterocycles. The molecular weight excluding hydrogens is 338 g/mol. The van der Waals surface area contributed by atoms with Gasteiger partial charge in [0.25, 0.3) is 0 Å². The quantitative estimate of drug-likeness (QED) is 0.896. The number of halogens is 1. The first-order valence-electron chi connectivity index (χ1n) is 6.79. The van der Waals surface area contributed by atoms with Crippen LogP contribution in [0.25, 0.3) is 0 Å². The lowest BCUT2D eigenvalue weighted by molar-refractivity contribution is -0.115. The summed E-state index contributed by atoms with van der Waals surface area (Å²) in [6.07, 6.45) is 0. The maximum absolute atomic E-state index is 12.5. The van der Waals surface area contributed by atoms with Gasteiger partial charge in [-0.3, -0.25) is 4.79 Å². The van der Waals surface area contributed by atoms with Gasteiger partial charge < -0.3 is 10.1 Å². The minimum absolute atomic E-state index is 0.0979. The minimum Gasteiger partial charge on any atom is -0.495 e. The molecule has 0 aliphatic carbocycles. The first-order valence-corrected chi connectivity index (χ1v) is 8.72. The minimum atomic E-state index is -3.77. The van der Waals surface area contributed by atoms with Crippen LogP contribution < -0.4 is 10.1 Å². The molecule has 0 heterocycles. The number of carbonyl (C=O) groups excluding carboxylic acids is 1. The third-order valence-electron chi connectivity index (χ3n) is 3.33. The number of rotatable bonds is 5. The molecule has 0 aliphatic rings. The molecule has 122 valence electrons. The fourth-order valence-corrected chi connectivity index (χ4v) is 3.43. The van der Waals surface area contributed by atoms with Crippen molar-refractivity contribution in [2.75, 3.05) is 12.4 Å². The van der Waals surface area contributed by atoms with E-state index < -0.39 is 21.0 Å². The van der Waals surface area contributed by atoms with E-state index in [4.69, 9.17) is 16.3 Å². The van der Waals surface area contributed by atoms with Gasteiger partial charge in [0.1, 0.15) is 11.0 Å². The lowest BCUT2D eigenvalue weighted by atomic mass is 10.3. The van der Waals surface area contributed by atoms with Crippen molar-refractivity contribution in [1.82, 2.24) is 0 Å². The van der Waals surface area contributed by atoms with Crippen LogP contribution in [0.3, 0.4) is 0 Å². The number of hydrogen-bond donors (Lipinski definition) is 1. The van der Waals surface area contributed by atoms with Crippen molar-refractivity contribution in [2.45, 2.75) is 17.1 Å². The van der Waals surface area contributed by atoms with E-state index in [9.17, 15) is 13.2 Å². The molecule has 23 heavy (non-hydrogen) atoms. The van der Waals surface area contributed by atoms with Crippen LogP contribution in [0.15, 0.2) is 53.4 Å². The third-order valence-corrected chi connectivity index (χ3v) is 5.64. The van der Waals surface area contributed by atoms with E-state index in [1.54, 1.807) is 30.3 Å². The second-order valence-corrected chi connectivity index (χ2v) is 7.54. The molecule has 2 aromatic carbocycles. The molecule has 1 unspecified atom stereocenters. The van der Waals surface area contributed by atoms with Crippen LogP contribution in [0, 0.1) is 0 Å². The molecule has 0 bridgehead atoms. The highest BCUT2D eigenvalue weighted by molar-refractivity contribution is 7.92. The summed E-state index contributed by atoms with van der Waals surface area (Å²) >= 11 is 5.90. The third kappa shape index (κ3) is 3.83. The number of amides is 1. The lowest BCUT2D eigenvalue weighted by Gasteiger charge is -2.15. The van der Waals surface area contributed by atoms with Crippen LogP contribution >= 0.6 is 11.6 Å². The highest BCUT2D eigenvalue weighted by Gasteiger charge is 2.30. The number of nitrogens with one attached hydrogen (secondary N) is 1. The molecule has 1 amide bonds. The van der Waals surface area contributed by atoms with Crippen LogP contribution in [0.4, 0.5) is 5.69 Å². The number of anilines is 1. The average molecular weight is 354 g/mol. The summed E-state index contributed by atoms with van der Waals surface area (Å²) in [7, 11) is -2.33. The maximum Gasteiger partial charge on any atom is 0.242 e. The van der Waals surface area contributed by atoms with E-state index in [2.05, 4.69) is 5.32 Å². The molecular formula is C16H16ClNO4S. The van der Waals surface area contributed by atoms with E-state index in [1.807, 2.05) is 0 Å². The zero-order valence-corrected chi connectivity index (χ0v) is 14.2. The van der Waals surface area contributed by atoms with Crippen molar-refractivity contribution in [1.29, 1.82) is 0 Å². The van der Waals surface area contributed by atoms with Crippen molar-refractivity contribution >= 4 is 33.0 Å². The van der Waals surface area contributed by atoms with Crippen molar-refractivity contribution in [3.8, 4) is 5.75 Å². The Morgan fingerprint density at radius 2 is 1.83 bits per heavy atom. The Bertz CT molecular complexity index is 806. The van der Waals surface area contributed by atoms with Gasteiger partial charge in [-0.15, -0.1) is 0 Å². The molecule has 1 N–H and O–H groups in total. The van der Waals surface area contributed by atoms with Gasteiger partial charge in [0, 0.05) is 5.02 Å². The van der Waals surface area contributed by atoms with E-state index in [0.29, 0.717) is 16.5 Å². The Balaban J connectivity index is 2.26. The average Bonchev–Trinajstić information content (AvgIpc) is 2.55. The second-order valence-electron chi connectivity index (χ2n) is 4.83. The maximum atomic E-state index is 12.5. The largest absolute Gasteiger partial charge is 0.495 e. The predicted octanol–water partition coefficient (Wildman–Crippen LogP) is 3.15. The van der Waals surface area contributed by atoms with E-state index in [0.717, 1.165) is 0 Å².